The van der Waals surface area contributed by atoms with Crippen LogP contribution in [0.3, 0.4) is 0 Å². The maximum absolute atomic E-state index is 3.55. The van der Waals surface area contributed by atoms with Gasteiger partial charge in [0.15, 0.2) is 0 Å². The molecule has 0 aromatic heterocycles. The van der Waals surface area contributed by atoms with Crippen molar-refractivity contribution in [3.8, 4) is 0 Å². The highest BCUT2D eigenvalue weighted by atomic mass is 15.1. The van der Waals surface area contributed by atoms with Crippen LogP contribution in [0.5, 0.6) is 0 Å². The topological polar surface area (TPSA) is 24.1 Å². The van der Waals surface area contributed by atoms with Crippen LogP contribution in [0.2, 0.25) is 0 Å². The number of piperidine rings is 2. The van der Waals surface area contributed by atoms with Gasteiger partial charge in [0.05, 0.1) is 0 Å². The fraction of sp³-hybridized carbons (Fsp3) is 1.00. The van der Waals surface area contributed by atoms with Crippen LogP contribution in [0.1, 0.15) is 19.8 Å². The Balaban J connectivity index is 2.06. The number of hydrogen-bond acceptors (Lipinski definition) is 2. The molecule has 0 aliphatic carbocycles. The minimum atomic E-state index is 0.706. The van der Waals surface area contributed by atoms with Crippen LogP contribution in [-0.2, 0) is 0 Å². The summed E-state index contributed by atoms with van der Waals surface area (Å²) in [6, 6.07) is 2.23. The van der Waals surface area contributed by atoms with E-state index in [1.54, 1.807) is 0 Å². The average molecular weight is 126 g/mol. The zero-order valence-corrected chi connectivity index (χ0v) is 5.85. The molecule has 3 saturated heterocycles. The van der Waals surface area contributed by atoms with E-state index in [1.807, 2.05) is 0 Å². The summed E-state index contributed by atoms with van der Waals surface area (Å²) >= 11 is 0. The van der Waals surface area contributed by atoms with Gasteiger partial charge < -0.3 is 10.6 Å². The molecule has 2 N–H and O–H groups in total. The molecule has 0 unspecified atom stereocenters. The monoisotopic (exact) mass is 126 g/mol. The highest BCUT2D eigenvalue weighted by Crippen LogP contribution is 2.17. The van der Waals surface area contributed by atoms with Crippen LogP contribution in [0.15, 0.2) is 0 Å². The molecule has 2 bridgehead atoms. The summed E-state index contributed by atoms with van der Waals surface area (Å²) in [7, 11) is 0. The van der Waals surface area contributed by atoms with Gasteiger partial charge in [-0.2, -0.15) is 0 Å². The molecule has 2 heteroatoms. The summed E-state index contributed by atoms with van der Waals surface area (Å²) in [5, 5.41) is 7.06. The van der Waals surface area contributed by atoms with E-state index in [0.717, 1.165) is 12.1 Å². The van der Waals surface area contributed by atoms with E-state index in [0.29, 0.717) is 6.04 Å². The first kappa shape index (κ1) is 5.69. The molecule has 0 amide bonds. The van der Waals surface area contributed by atoms with Gasteiger partial charge in [-0.25, -0.2) is 0 Å². The Morgan fingerprint density at radius 2 is 2.22 bits per heavy atom. The summed E-state index contributed by atoms with van der Waals surface area (Å²) in [5.41, 5.74) is 0. The van der Waals surface area contributed by atoms with Gasteiger partial charge in [-0.3, -0.25) is 0 Å². The molecule has 0 saturated carbocycles. The molecule has 0 radical (unpaired) electrons. The fourth-order valence-electron chi connectivity index (χ4n) is 1.94. The van der Waals surface area contributed by atoms with Crippen molar-refractivity contribution in [1.82, 2.24) is 10.6 Å². The highest BCUT2D eigenvalue weighted by Gasteiger charge is 2.31. The minimum Gasteiger partial charge on any atom is -0.311 e. The second kappa shape index (κ2) is 1.96. The number of fused-ring (bicyclic) bond motifs is 3. The SMILES string of the molecule is C[C@H]1N[C@H]2CC[C@@H]1NC2. The van der Waals surface area contributed by atoms with E-state index in [1.165, 1.54) is 19.4 Å². The van der Waals surface area contributed by atoms with Crippen LogP contribution in [0.4, 0.5) is 0 Å². The summed E-state index contributed by atoms with van der Waals surface area (Å²) in [6.45, 7) is 3.46. The largest absolute Gasteiger partial charge is 0.311 e. The maximum atomic E-state index is 3.55. The van der Waals surface area contributed by atoms with Gasteiger partial charge in [0.25, 0.3) is 0 Å². The molecule has 3 fully saturated rings. The standard InChI is InChI=1S/C7H14N2/c1-5-7-3-2-6(9-5)4-8-7/h5-9H,2-4H2,1H3/t5-,6+,7+/m1/s1. The fourth-order valence-corrected chi connectivity index (χ4v) is 1.94. The first-order chi connectivity index (χ1) is 4.36. The normalized spacial score (nSPS) is 49.7. The van der Waals surface area contributed by atoms with Crippen molar-refractivity contribution < 1.29 is 0 Å². The molecule has 3 aliphatic heterocycles. The third-order valence-electron chi connectivity index (χ3n) is 2.55. The molecular weight excluding hydrogens is 112 g/mol. The molecular formula is C7H14N2. The van der Waals surface area contributed by atoms with Gasteiger partial charge >= 0.3 is 0 Å². The van der Waals surface area contributed by atoms with Crippen molar-refractivity contribution in [1.29, 1.82) is 0 Å². The van der Waals surface area contributed by atoms with Crippen molar-refractivity contribution in [2.24, 2.45) is 0 Å². The summed E-state index contributed by atoms with van der Waals surface area (Å²) < 4.78 is 0. The van der Waals surface area contributed by atoms with Crippen LogP contribution in [0.25, 0.3) is 0 Å². The third kappa shape index (κ3) is 0.864. The molecule has 3 atom stereocenters. The number of piperazine rings is 1. The van der Waals surface area contributed by atoms with Gasteiger partial charge in [-0.05, 0) is 19.8 Å². The molecule has 3 heterocycles. The van der Waals surface area contributed by atoms with E-state index in [-0.39, 0.29) is 0 Å². The van der Waals surface area contributed by atoms with E-state index < -0.39 is 0 Å². The minimum absolute atomic E-state index is 0.706. The first-order valence-electron chi connectivity index (χ1n) is 3.86. The lowest BCUT2D eigenvalue weighted by atomic mass is 9.90. The van der Waals surface area contributed by atoms with Gasteiger partial charge in [0.1, 0.15) is 0 Å². The van der Waals surface area contributed by atoms with E-state index >= 15 is 0 Å². The number of nitrogens with one attached hydrogen (secondary N) is 2. The van der Waals surface area contributed by atoms with Crippen molar-refractivity contribution in [2.45, 2.75) is 37.9 Å². The molecule has 0 aromatic rings. The van der Waals surface area contributed by atoms with Crippen molar-refractivity contribution in [2.75, 3.05) is 6.54 Å². The van der Waals surface area contributed by atoms with Crippen molar-refractivity contribution >= 4 is 0 Å². The molecule has 3 aliphatic rings. The Morgan fingerprint density at radius 1 is 1.33 bits per heavy atom. The predicted octanol–water partition coefficient (Wildman–Crippen LogP) is 0.0987. The lowest BCUT2D eigenvalue weighted by Crippen LogP contribution is -2.63. The zero-order chi connectivity index (χ0) is 6.27. The van der Waals surface area contributed by atoms with Gasteiger partial charge in [0, 0.05) is 24.7 Å². The number of hydrogen-bond donors (Lipinski definition) is 2. The Morgan fingerprint density at radius 3 is 2.44 bits per heavy atom. The summed E-state index contributed by atoms with van der Waals surface area (Å²) in [5.74, 6) is 0. The smallest absolute Gasteiger partial charge is 0.0219 e. The van der Waals surface area contributed by atoms with Crippen molar-refractivity contribution in [3.63, 3.8) is 0 Å². The first-order valence-corrected chi connectivity index (χ1v) is 3.86. The Kier molecular flexibility index (Phi) is 1.24. The highest BCUT2D eigenvalue weighted by molar-refractivity contribution is 4.95. The van der Waals surface area contributed by atoms with Gasteiger partial charge in [-0.15, -0.1) is 0 Å². The van der Waals surface area contributed by atoms with Gasteiger partial charge in [0.2, 0.25) is 0 Å². The second-order valence-corrected chi connectivity index (χ2v) is 3.24. The Bertz CT molecular complexity index is 105. The maximum Gasteiger partial charge on any atom is 0.0219 e. The predicted molar refractivity (Wildman–Crippen MR) is 37.4 cm³/mol. The second-order valence-electron chi connectivity index (χ2n) is 3.24. The average Bonchev–Trinajstić information content (AvgIpc) is 1.90. The Labute approximate surface area is 56.0 Å². The van der Waals surface area contributed by atoms with Crippen LogP contribution in [0, 0.1) is 0 Å². The van der Waals surface area contributed by atoms with Crippen LogP contribution < -0.4 is 10.6 Å². The van der Waals surface area contributed by atoms with E-state index in [2.05, 4.69) is 17.6 Å². The Hall–Kier alpha value is -0.0800. The van der Waals surface area contributed by atoms with E-state index in [9.17, 15) is 0 Å². The quantitative estimate of drug-likeness (QED) is 0.481. The third-order valence-corrected chi connectivity index (χ3v) is 2.55. The van der Waals surface area contributed by atoms with Crippen molar-refractivity contribution in [3.05, 3.63) is 0 Å². The summed E-state index contributed by atoms with van der Waals surface area (Å²) in [6.07, 6.45) is 2.75. The lowest BCUT2D eigenvalue weighted by molar-refractivity contribution is 0.197. The van der Waals surface area contributed by atoms with Crippen LogP contribution in [-0.4, -0.2) is 24.7 Å². The molecule has 3 rings (SSSR count). The summed E-state index contributed by atoms with van der Waals surface area (Å²) in [4.78, 5) is 0. The lowest BCUT2D eigenvalue weighted by Gasteiger charge is -2.42. The molecule has 0 aromatic carbocycles. The zero-order valence-electron chi connectivity index (χ0n) is 5.85. The van der Waals surface area contributed by atoms with Crippen LogP contribution >= 0.6 is 0 Å². The van der Waals surface area contributed by atoms with E-state index in [4.69, 9.17) is 0 Å². The molecule has 2 nitrogen and oxygen atoms in total. The number of rotatable bonds is 0. The molecule has 9 heavy (non-hydrogen) atoms. The van der Waals surface area contributed by atoms with Gasteiger partial charge in [-0.1, -0.05) is 0 Å². The molecule has 52 valence electrons. The molecule has 0 spiro atoms.